The third kappa shape index (κ3) is 5.87. The van der Waals surface area contributed by atoms with Gasteiger partial charge >= 0.3 is 0 Å². The number of aryl methyl sites for hydroxylation is 1. The number of ketones is 1. The Bertz CT molecular complexity index is 906. The standard InChI is InChI=1S/C27H35NO3S/c1-4-20-5-7-22(8-6-20)28(18-19(2)3)32-24-9-10-27-25(17-24)26(29)16-23(31-27)15-21-11-13-30-14-12-21/h5-10,17,19,21,23H,4,11-16,18H2,1-3H3. The van der Waals surface area contributed by atoms with Gasteiger partial charge in [-0.05, 0) is 85.4 Å². The largest absolute Gasteiger partial charge is 0.489 e. The summed E-state index contributed by atoms with van der Waals surface area (Å²) in [6.45, 7) is 9.24. The average Bonchev–Trinajstić information content (AvgIpc) is 2.79. The molecule has 0 bridgehead atoms. The van der Waals surface area contributed by atoms with Crippen LogP contribution in [0.3, 0.4) is 0 Å². The van der Waals surface area contributed by atoms with Crippen LogP contribution in [0, 0.1) is 11.8 Å². The van der Waals surface area contributed by atoms with E-state index in [0.29, 0.717) is 18.3 Å². The molecule has 4 nitrogen and oxygen atoms in total. The number of Topliss-reactive ketones (excluding diaryl/α,β-unsaturated/α-hetero) is 1. The van der Waals surface area contributed by atoms with Crippen molar-refractivity contribution in [3.8, 4) is 5.75 Å². The highest BCUT2D eigenvalue weighted by Crippen LogP contribution is 2.37. The van der Waals surface area contributed by atoms with Crippen molar-refractivity contribution in [2.45, 2.75) is 63.9 Å². The fourth-order valence-corrected chi connectivity index (χ4v) is 5.62. The van der Waals surface area contributed by atoms with Gasteiger partial charge in [-0.2, -0.15) is 0 Å². The molecule has 0 amide bonds. The number of benzene rings is 2. The molecule has 32 heavy (non-hydrogen) atoms. The first-order valence-corrected chi connectivity index (χ1v) is 12.7. The lowest BCUT2D eigenvalue weighted by Gasteiger charge is -2.30. The van der Waals surface area contributed by atoms with Crippen molar-refractivity contribution in [1.82, 2.24) is 0 Å². The summed E-state index contributed by atoms with van der Waals surface area (Å²) < 4.78 is 14.0. The van der Waals surface area contributed by atoms with Gasteiger partial charge in [0.05, 0.1) is 5.56 Å². The monoisotopic (exact) mass is 453 g/mol. The molecule has 0 radical (unpaired) electrons. The van der Waals surface area contributed by atoms with E-state index < -0.39 is 0 Å². The Hall–Kier alpha value is -1.98. The number of hydrogen-bond donors (Lipinski definition) is 0. The fourth-order valence-electron chi connectivity index (χ4n) is 4.46. The van der Waals surface area contributed by atoms with E-state index in [1.165, 1.54) is 11.3 Å². The molecule has 4 rings (SSSR count). The number of rotatable bonds is 8. The van der Waals surface area contributed by atoms with E-state index in [-0.39, 0.29) is 11.9 Å². The molecule has 2 aliphatic heterocycles. The van der Waals surface area contributed by atoms with Crippen LogP contribution in [0.15, 0.2) is 47.4 Å². The third-order valence-corrected chi connectivity index (χ3v) is 7.32. The summed E-state index contributed by atoms with van der Waals surface area (Å²) in [5.74, 6) is 2.07. The van der Waals surface area contributed by atoms with Crippen molar-refractivity contribution in [2.24, 2.45) is 11.8 Å². The van der Waals surface area contributed by atoms with Gasteiger partial charge in [-0.1, -0.05) is 32.9 Å². The SMILES string of the molecule is CCc1ccc(N(CC(C)C)Sc2ccc3c(c2)C(=O)CC(CC2CCOCC2)O3)cc1. The van der Waals surface area contributed by atoms with E-state index in [0.717, 1.165) is 61.7 Å². The van der Waals surface area contributed by atoms with E-state index >= 15 is 0 Å². The smallest absolute Gasteiger partial charge is 0.170 e. The molecule has 2 aromatic carbocycles. The van der Waals surface area contributed by atoms with Gasteiger partial charge in [0.15, 0.2) is 5.78 Å². The van der Waals surface area contributed by atoms with Crippen molar-refractivity contribution in [3.05, 3.63) is 53.6 Å². The van der Waals surface area contributed by atoms with Crippen molar-refractivity contribution in [2.75, 3.05) is 24.1 Å². The molecule has 0 spiro atoms. The number of carbonyl (C=O) groups excluding carboxylic acids is 1. The minimum absolute atomic E-state index is 0.00822. The Kier molecular flexibility index (Phi) is 7.80. The maximum absolute atomic E-state index is 13.0. The third-order valence-electron chi connectivity index (χ3n) is 6.27. The van der Waals surface area contributed by atoms with Crippen LogP contribution in [-0.4, -0.2) is 31.6 Å². The van der Waals surface area contributed by atoms with Crippen molar-refractivity contribution >= 4 is 23.4 Å². The number of carbonyl (C=O) groups is 1. The maximum atomic E-state index is 13.0. The highest BCUT2D eigenvalue weighted by molar-refractivity contribution is 8.00. The minimum atomic E-state index is -0.00822. The molecule has 2 aliphatic rings. The summed E-state index contributed by atoms with van der Waals surface area (Å²) >= 11 is 1.70. The van der Waals surface area contributed by atoms with E-state index in [1.807, 2.05) is 12.1 Å². The molecule has 2 aromatic rings. The second-order valence-corrected chi connectivity index (χ2v) is 10.5. The molecule has 0 saturated carbocycles. The van der Waals surface area contributed by atoms with Crippen LogP contribution in [0.1, 0.15) is 62.4 Å². The van der Waals surface area contributed by atoms with Crippen LogP contribution in [0.25, 0.3) is 0 Å². The molecule has 1 fully saturated rings. The van der Waals surface area contributed by atoms with Gasteiger partial charge in [0.1, 0.15) is 11.9 Å². The predicted molar refractivity (Wildman–Crippen MR) is 132 cm³/mol. The van der Waals surface area contributed by atoms with Crippen LogP contribution in [0.5, 0.6) is 5.75 Å². The summed E-state index contributed by atoms with van der Waals surface area (Å²) in [6, 6.07) is 14.9. The quantitative estimate of drug-likeness (QED) is 0.423. The number of ether oxygens (including phenoxy) is 2. The molecular formula is C27H35NO3S. The van der Waals surface area contributed by atoms with Crippen LogP contribution in [-0.2, 0) is 11.2 Å². The van der Waals surface area contributed by atoms with Gasteiger partial charge in [-0.3, -0.25) is 4.79 Å². The Morgan fingerprint density at radius 1 is 1.09 bits per heavy atom. The van der Waals surface area contributed by atoms with Gasteiger partial charge in [-0.25, -0.2) is 0 Å². The van der Waals surface area contributed by atoms with Gasteiger partial charge in [0, 0.05) is 36.8 Å². The average molecular weight is 454 g/mol. The molecule has 0 N–H and O–H groups in total. The molecule has 1 atom stereocenters. The summed E-state index contributed by atoms with van der Waals surface area (Å²) in [5, 5.41) is 0. The zero-order chi connectivity index (χ0) is 22.5. The predicted octanol–water partition coefficient (Wildman–Crippen LogP) is 6.57. The summed E-state index contributed by atoms with van der Waals surface area (Å²) in [7, 11) is 0. The highest BCUT2D eigenvalue weighted by atomic mass is 32.2. The van der Waals surface area contributed by atoms with Crippen molar-refractivity contribution in [1.29, 1.82) is 0 Å². The summed E-state index contributed by atoms with van der Waals surface area (Å²) in [5.41, 5.74) is 3.26. The fraction of sp³-hybridized carbons (Fsp3) is 0.519. The Morgan fingerprint density at radius 2 is 1.84 bits per heavy atom. The lowest BCUT2D eigenvalue weighted by molar-refractivity contribution is 0.0436. The number of hydrogen-bond acceptors (Lipinski definition) is 5. The van der Waals surface area contributed by atoms with E-state index in [1.54, 1.807) is 11.9 Å². The minimum Gasteiger partial charge on any atom is -0.489 e. The van der Waals surface area contributed by atoms with Gasteiger partial charge in [0.2, 0.25) is 0 Å². The number of anilines is 1. The zero-order valence-electron chi connectivity index (χ0n) is 19.5. The Labute approximate surface area is 196 Å². The van der Waals surface area contributed by atoms with Crippen molar-refractivity contribution < 1.29 is 14.3 Å². The molecular weight excluding hydrogens is 418 g/mol. The maximum Gasteiger partial charge on any atom is 0.170 e. The summed E-state index contributed by atoms with van der Waals surface area (Å²) in [4.78, 5) is 14.0. The first-order chi connectivity index (χ1) is 15.5. The molecule has 5 heteroatoms. The second kappa shape index (κ2) is 10.8. The van der Waals surface area contributed by atoms with Gasteiger partial charge < -0.3 is 13.8 Å². The molecule has 2 heterocycles. The number of fused-ring (bicyclic) bond motifs is 1. The Morgan fingerprint density at radius 3 is 2.53 bits per heavy atom. The first kappa shape index (κ1) is 23.2. The molecule has 1 unspecified atom stereocenters. The van der Waals surface area contributed by atoms with E-state index in [9.17, 15) is 4.79 Å². The topological polar surface area (TPSA) is 38.8 Å². The molecule has 1 saturated heterocycles. The number of nitrogens with zero attached hydrogens (tertiary/aromatic N) is 1. The van der Waals surface area contributed by atoms with Crippen molar-refractivity contribution in [3.63, 3.8) is 0 Å². The van der Waals surface area contributed by atoms with Crippen LogP contribution < -0.4 is 9.04 Å². The second-order valence-electron chi connectivity index (χ2n) is 9.38. The zero-order valence-corrected chi connectivity index (χ0v) is 20.3. The lowest BCUT2D eigenvalue weighted by atomic mass is 9.89. The van der Waals surface area contributed by atoms with Crippen LogP contribution in [0.2, 0.25) is 0 Å². The molecule has 0 aromatic heterocycles. The van der Waals surface area contributed by atoms with E-state index in [2.05, 4.69) is 55.4 Å². The Balaban J connectivity index is 1.47. The van der Waals surface area contributed by atoms with E-state index in [4.69, 9.17) is 9.47 Å². The van der Waals surface area contributed by atoms with Crippen LogP contribution >= 0.6 is 11.9 Å². The summed E-state index contributed by atoms with van der Waals surface area (Å²) in [6.07, 6.45) is 4.60. The van der Waals surface area contributed by atoms with Gasteiger partial charge in [-0.15, -0.1) is 0 Å². The molecule has 172 valence electrons. The molecule has 0 aliphatic carbocycles. The highest BCUT2D eigenvalue weighted by Gasteiger charge is 2.29. The normalized spacial score (nSPS) is 19.0. The lowest BCUT2D eigenvalue weighted by Crippen LogP contribution is -2.30. The van der Waals surface area contributed by atoms with Gasteiger partial charge in [0.25, 0.3) is 0 Å². The first-order valence-electron chi connectivity index (χ1n) is 12.0. The van der Waals surface area contributed by atoms with Crippen LogP contribution in [0.4, 0.5) is 5.69 Å².